The molecule has 1 rings (SSSR count). The second-order valence-electron chi connectivity index (χ2n) is 3.53. The van der Waals surface area contributed by atoms with Crippen LogP contribution in [0.1, 0.15) is 12.6 Å². The van der Waals surface area contributed by atoms with E-state index in [9.17, 15) is 32.5 Å². The number of rotatable bonds is 5. The first kappa shape index (κ1) is 16.6. The van der Waals surface area contributed by atoms with Gasteiger partial charge in [0.15, 0.2) is 11.5 Å². The zero-order valence-electron chi connectivity index (χ0n) is 10.4. The van der Waals surface area contributed by atoms with Gasteiger partial charge in [0.25, 0.3) is 0 Å². The van der Waals surface area contributed by atoms with Crippen molar-refractivity contribution in [2.24, 2.45) is 0 Å². The van der Waals surface area contributed by atoms with E-state index in [1.54, 1.807) is 0 Å². The Morgan fingerprint density at radius 1 is 1.48 bits per heavy atom. The van der Waals surface area contributed by atoms with Crippen LogP contribution < -0.4 is 4.74 Å². The number of halogens is 4. The van der Waals surface area contributed by atoms with Crippen molar-refractivity contribution < 1.29 is 36.8 Å². The molecule has 1 heterocycles. The number of pyridine rings is 1. The third-order valence-corrected chi connectivity index (χ3v) is 2.01. The van der Waals surface area contributed by atoms with Crippen LogP contribution in [-0.4, -0.2) is 28.8 Å². The molecule has 21 heavy (non-hydrogen) atoms. The fraction of sp³-hybridized carbons (Fsp3) is 0.400. The summed E-state index contributed by atoms with van der Waals surface area (Å²) in [5.74, 6) is -5.04. The Kier molecular flexibility index (Phi) is 5.00. The average molecular weight is 312 g/mol. The van der Waals surface area contributed by atoms with Gasteiger partial charge in [0.2, 0.25) is 5.75 Å². The molecule has 116 valence electrons. The lowest BCUT2D eigenvalue weighted by molar-refractivity contribution is -0.393. The van der Waals surface area contributed by atoms with Gasteiger partial charge in [-0.05, 0) is 16.8 Å². The molecule has 0 aliphatic carbocycles. The van der Waals surface area contributed by atoms with E-state index >= 15 is 0 Å². The van der Waals surface area contributed by atoms with Gasteiger partial charge >= 0.3 is 18.1 Å². The quantitative estimate of drug-likeness (QED) is 0.358. The van der Waals surface area contributed by atoms with Crippen LogP contribution in [0.4, 0.5) is 23.4 Å². The van der Waals surface area contributed by atoms with Crippen LogP contribution in [0.15, 0.2) is 6.07 Å². The second kappa shape index (κ2) is 6.33. The Morgan fingerprint density at radius 2 is 2.10 bits per heavy atom. The molecule has 0 aliphatic rings. The molecule has 0 saturated heterocycles. The summed E-state index contributed by atoms with van der Waals surface area (Å²) in [6, 6.07) is 0.146. The lowest BCUT2D eigenvalue weighted by Gasteiger charge is -2.09. The third-order valence-electron chi connectivity index (χ3n) is 2.01. The molecule has 0 bridgehead atoms. The molecule has 11 heteroatoms. The Hall–Kier alpha value is -2.46. The third kappa shape index (κ3) is 4.85. The molecule has 0 saturated carbocycles. The average Bonchev–Trinajstić information content (AvgIpc) is 2.30. The van der Waals surface area contributed by atoms with E-state index in [0.29, 0.717) is 0 Å². The summed E-state index contributed by atoms with van der Waals surface area (Å²) in [5, 5.41) is 10.6. The smallest absolute Gasteiger partial charge is 0.466 e. The van der Waals surface area contributed by atoms with Crippen LogP contribution in [0.5, 0.6) is 5.75 Å². The van der Waals surface area contributed by atoms with E-state index in [1.807, 2.05) is 0 Å². The first-order valence-electron chi connectivity index (χ1n) is 5.39. The van der Waals surface area contributed by atoms with Gasteiger partial charge in [-0.1, -0.05) is 0 Å². The van der Waals surface area contributed by atoms with Crippen LogP contribution in [0.2, 0.25) is 0 Å². The topological polar surface area (TPSA) is 91.6 Å². The van der Waals surface area contributed by atoms with E-state index in [1.165, 1.54) is 6.92 Å². The highest BCUT2D eigenvalue weighted by Gasteiger charge is 2.36. The van der Waals surface area contributed by atoms with Crippen molar-refractivity contribution >= 4 is 11.8 Å². The molecule has 1 aromatic heterocycles. The van der Waals surface area contributed by atoms with Gasteiger partial charge in [-0.3, -0.25) is 4.79 Å². The normalized spacial score (nSPS) is 11.1. The van der Waals surface area contributed by atoms with Crippen molar-refractivity contribution in [3.05, 3.63) is 27.7 Å². The van der Waals surface area contributed by atoms with Crippen molar-refractivity contribution in [2.45, 2.75) is 19.7 Å². The van der Waals surface area contributed by atoms with E-state index in [-0.39, 0.29) is 12.7 Å². The van der Waals surface area contributed by atoms with Crippen LogP contribution >= 0.6 is 0 Å². The molecule has 0 fully saturated rings. The number of carbonyl (C=O) groups excluding carboxylic acids is 1. The summed E-state index contributed by atoms with van der Waals surface area (Å²) in [4.78, 5) is 23.6. The number of carbonyl (C=O) groups is 1. The number of hydrogen-bond acceptors (Lipinski definition) is 6. The molecular formula is C10H8F4N2O5. The second-order valence-corrected chi connectivity index (χ2v) is 3.53. The van der Waals surface area contributed by atoms with E-state index in [0.717, 1.165) is 0 Å². The summed E-state index contributed by atoms with van der Waals surface area (Å²) in [5.41, 5.74) is -0.713. The first-order chi connectivity index (χ1) is 9.64. The fourth-order valence-electron chi connectivity index (χ4n) is 1.30. The largest absolute Gasteiger partial charge is 0.573 e. The predicted molar refractivity (Wildman–Crippen MR) is 57.9 cm³/mol. The number of nitro groups is 1. The summed E-state index contributed by atoms with van der Waals surface area (Å²) in [6.07, 6.45) is -6.01. The number of nitrogens with zero attached hydrogens (tertiary/aromatic N) is 2. The molecule has 0 unspecified atom stereocenters. The Labute approximate surface area is 114 Å². The fourth-order valence-corrected chi connectivity index (χ4v) is 1.30. The van der Waals surface area contributed by atoms with Crippen molar-refractivity contribution in [1.82, 2.24) is 4.98 Å². The number of hydrogen-bond donors (Lipinski definition) is 0. The van der Waals surface area contributed by atoms with Crippen molar-refractivity contribution in [2.75, 3.05) is 6.61 Å². The van der Waals surface area contributed by atoms with Gasteiger partial charge in [-0.2, -0.15) is 0 Å². The Bertz CT molecular complexity index is 561. The van der Waals surface area contributed by atoms with Gasteiger partial charge in [0, 0.05) is 6.07 Å². The Morgan fingerprint density at radius 3 is 2.57 bits per heavy atom. The lowest BCUT2D eigenvalue weighted by atomic mass is 10.2. The van der Waals surface area contributed by atoms with Crippen LogP contribution in [0.3, 0.4) is 0 Å². The zero-order valence-corrected chi connectivity index (χ0v) is 10.4. The lowest BCUT2D eigenvalue weighted by Crippen LogP contribution is -2.19. The van der Waals surface area contributed by atoms with Crippen molar-refractivity contribution in [3.63, 3.8) is 0 Å². The maximum Gasteiger partial charge on any atom is 0.573 e. The monoisotopic (exact) mass is 312 g/mol. The molecule has 0 spiro atoms. The standard InChI is InChI=1S/C10H8F4N2O5/c1-2-20-8(17)4-6-5(11)3-7(21-10(12,13)14)9(15-6)16(18)19/h3H,2,4H2,1H3. The molecule has 0 atom stereocenters. The molecule has 0 aliphatic heterocycles. The molecular weight excluding hydrogens is 304 g/mol. The number of alkyl halides is 3. The van der Waals surface area contributed by atoms with E-state index in [4.69, 9.17) is 0 Å². The van der Waals surface area contributed by atoms with Gasteiger partial charge in [0.1, 0.15) is 6.42 Å². The van der Waals surface area contributed by atoms with Crippen LogP contribution in [-0.2, 0) is 16.0 Å². The highest BCUT2D eigenvalue weighted by Crippen LogP contribution is 2.31. The number of ether oxygens (including phenoxy) is 2. The molecule has 0 N–H and O–H groups in total. The van der Waals surface area contributed by atoms with Gasteiger partial charge in [0.05, 0.1) is 6.61 Å². The highest BCUT2D eigenvalue weighted by molar-refractivity contribution is 5.72. The minimum Gasteiger partial charge on any atom is -0.466 e. The molecule has 0 radical (unpaired) electrons. The highest BCUT2D eigenvalue weighted by atomic mass is 19.4. The summed E-state index contributed by atoms with van der Waals surface area (Å²) >= 11 is 0. The maximum absolute atomic E-state index is 13.5. The Balaban J connectivity index is 3.18. The van der Waals surface area contributed by atoms with Gasteiger partial charge in [-0.25, -0.2) is 4.39 Å². The molecule has 1 aromatic rings. The molecule has 0 aromatic carbocycles. The van der Waals surface area contributed by atoms with Crippen molar-refractivity contribution in [1.29, 1.82) is 0 Å². The minimum absolute atomic E-state index is 0.0161. The SMILES string of the molecule is CCOC(=O)Cc1nc([N+](=O)[O-])c(OC(F)(F)F)cc1F. The van der Waals surface area contributed by atoms with Gasteiger partial charge < -0.3 is 19.6 Å². The predicted octanol–water partition coefficient (Wildman–Crippen LogP) is 2.13. The number of aromatic nitrogens is 1. The van der Waals surface area contributed by atoms with Crippen LogP contribution in [0.25, 0.3) is 0 Å². The van der Waals surface area contributed by atoms with Crippen LogP contribution in [0, 0.1) is 15.9 Å². The molecule has 7 nitrogen and oxygen atoms in total. The van der Waals surface area contributed by atoms with Gasteiger partial charge in [-0.15, -0.1) is 13.2 Å². The van der Waals surface area contributed by atoms with Crippen molar-refractivity contribution in [3.8, 4) is 5.75 Å². The zero-order chi connectivity index (χ0) is 16.2. The van der Waals surface area contributed by atoms with E-state index < -0.39 is 46.8 Å². The maximum atomic E-state index is 13.5. The summed E-state index contributed by atoms with van der Waals surface area (Å²) in [7, 11) is 0. The summed E-state index contributed by atoms with van der Waals surface area (Å²) < 4.78 is 57.5. The first-order valence-corrected chi connectivity index (χ1v) is 5.39. The number of esters is 1. The minimum atomic E-state index is -5.25. The summed E-state index contributed by atoms with van der Waals surface area (Å²) in [6.45, 7) is 1.46. The van der Waals surface area contributed by atoms with E-state index in [2.05, 4.69) is 14.5 Å². The molecule has 0 amide bonds.